The summed E-state index contributed by atoms with van der Waals surface area (Å²) in [6.07, 6.45) is 2.44. The zero-order valence-corrected chi connectivity index (χ0v) is 18.7. The molecule has 1 amide bonds. The standard InChI is InChI=1S/C24H24FN5OS/c1-3-21(23(31)27-20-13-18(26)11-6-15(20)2)30-12-4-5-19-22(30)29-24(28-19)32-14-16-7-9-17(25)10-8-16/h4-13,21H,3,14,26H2,1-2H3,(H,27,31). The van der Waals surface area contributed by atoms with Crippen molar-refractivity contribution >= 4 is 29.0 Å². The fraction of sp³-hybridized carbons (Fsp3) is 0.208. The van der Waals surface area contributed by atoms with E-state index in [2.05, 4.69) is 15.3 Å². The molecule has 2 aliphatic heterocycles. The van der Waals surface area contributed by atoms with E-state index in [0.717, 1.165) is 16.8 Å². The predicted octanol–water partition coefficient (Wildman–Crippen LogP) is 5.29. The van der Waals surface area contributed by atoms with Crippen LogP contribution in [-0.4, -0.2) is 20.4 Å². The number of hydrogen-bond donors (Lipinski definition) is 2. The van der Waals surface area contributed by atoms with E-state index in [4.69, 9.17) is 5.73 Å². The Morgan fingerprint density at radius 2 is 1.97 bits per heavy atom. The molecule has 0 bridgehead atoms. The van der Waals surface area contributed by atoms with Crippen LogP contribution in [-0.2, 0) is 10.5 Å². The fourth-order valence-corrected chi connectivity index (χ4v) is 4.27. The Balaban J connectivity index is 1.56. The third kappa shape index (κ3) is 4.75. The van der Waals surface area contributed by atoms with Gasteiger partial charge in [0.05, 0.1) is 0 Å². The number of carbonyl (C=O) groups is 1. The van der Waals surface area contributed by atoms with Crippen LogP contribution in [0.5, 0.6) is 0 Å². The molecular weight excluding hydrogens is 425 g/mol. The van der Waals surface area contributed by atoms with E-state index >= 15 is 0 Å². The van der Waals surface area contributed by atoms with Gasteiger partial charge in [-0.3, -0.25) is 4.79 Å². The second-order valence-corrected chi connectivity index (χ2v) is 8.48. The van der Waals surface area contributed by atoms with Gasteiger partial charge in [-0.1, -0.05) is 36.9 Å². The summed E-state index contributed by atoms with van der Waals surface area (Å²) < 4.78 is 15.0. The monoisotopic (exact) mass is 449 g/mol. The van der Waals surface area contributed by atoms with Crippen molar-refractivity contribution in [3.05, 3.63) is 77.7 Å². The summed E-state index contributed by atoms with van der Waals surface area (Å²) in [5, 5.41) is 3.62. The number of hydrogen-bond acceptors (Lipinski definition) is 5. The van der Waals surface area contributed by atoms with Gasteiger partial charge in [-0.05, 0) is 60.9 Å². The van der Waals surface area contributed by atoms with Crippen LogP contribution in [0.1, 0.15) is 30.5 Å². The number of nitrogens with zero attached hydrogens (tertiary/aromatic N) is 3. The minimum Gasteiger partial charge on any atom is -0.399 e. The van der Waals surface area contributed by atoms with Crippen LogP contribution in [0, 0.1) is 12.7 Å². The molecule has 0 saturated heterocycles. The number of aromatic nitrogens is 3. The van der Waals surface area contributed by atoms with E-state index < -0.39 is 6.04 Å². The van der Waals surface area contributed by atoms with Crippen molar-refractivity contribution in [3.8, 4) is 11.5 Å². The molecule has 0 aliphatic carbocycles. The first-order valence-electron chi connectivity index (χ1n) is 10.3. The molecule has 1 unspecified atom stereocenters. The maximum Gasteiger partial charge on any atom is 0.247 e. The number of thioether (sulfide) groups is 1. The summed E-state index contributed by atoms with van der Waals surface area (Å²) in [6, 6.07) is 15.1. The molecule has 2 aromatic carbocycles. The normalized spacial score (nSPS) is 12.1. The maximum atomic E-state index is 13.1. The molecule has 0 fully saturated rings. The molecular formula is C24H24FN5OS. The van der Waals surface area contributed by atoms with Gasteiger partial charge in [0.2, 0.25) is 5.91 Å². The summed E-state index contributed by atoms with van der Waals surface area (Å²) in [5.74, 6) is 0.887. The number of pyridine rings is 1. The van der Waals surface area contributed by atoms with Crippen molar-refractivity contribution in [3.63, 3.8) is 0 Å². The number of nitrogen functional groups attached to an aromatic ring is 1. The molecule has 0 saturated carbocycles. The predicted molar refractivity (Wildman–Crippen MR) is 126 cm³/mol. The van der Waals surface area contributed by atoms with Crippen molar-refractivity contribution in [2.24, 2.45) is 0 Å². The van der Waals surface area contributed by atoms with Gasteiger partial charge < -0.3 is 15.6 Å². The number of halogens is 1. The summed E-state index contributed by atoms with van der Waals surface area (Å²) >= 11 is 1.48. The molecule has 3 N–H and O–H groups in total. The summed E-state index contributed by atoms with van der Waals surface area (Å²) in [4.78, 5) is 22.4. The molecule has 2 heterocycles. The zero-order chi connectivity index (χ0) is 22.7. The van der Waals surface area contributed by atoms with Gasteiger partial charge in [-0.2, -0.15) is 0 Å². The highest BCUT2D eigenvalue weighted by Gasteiger charge is 2.24. The first-order valence-corrected chi connectivity index (χ1v) is 11.3. The Hall–Kier alpha value is -3.39. The van der Waals surface area contributed by atoms with Crippen molar-refractivity contribution < 1.29 is 9.18 Å². The number of benzene rings is 2. The number of rotatable bonds is 7. The van der Waals surface area contributed by atoms with Crippen molar-refractivity contribution in [1.29, 1.82) is 0 Å². The second-order valence-electron chi connectivity index (χ2n) is 7.53. The number of aryl methyl sites for hydroxylation is 1. The number of amides is 1. The number of nitrogens with one attached hydrogen (secondary N) is 1. The summed E-state index contributed by atoms with van der Waals surface area (Å²) in [5.41, 5.74) is 9.83. The Labute approximate surface area is 190 Å². The van der Waals surface area contributed by atoms with Crippen LogP contribution in [0.3, 0.4) is 0 Å². The van der Waals surface area contributed by atoms with Crippen molar-refractivity contribution in [1.82, 2.24) is 14.5 Å². The van der Waals surface area contributed by atoms with E-state index in [9.17, 15) is 9.18 Å². The highest BCUT2D eigenvalue weighted by Crippen LogP contribution is 2.30. The van der Waals surface area contributed by atoms with E-state index in [1.807, 2.05) is 48.9 Å². The number of nitrogens with two attached hydrogens (primary N) is 1. The Bertz CT molecular complexity index is 1210. The lowest BCUT2D eigenvalue weighted by Crippen LogP contribution is -2.27. The first kappa shape index (κ1) is 21.8. The Morgan fingerprint density at radius 1 is 1.19 bits per heavy atom. The third-order valence-corrected chi connectivity index (χ3v) is 6.14. The van der Waals surface area contributed by atoms with E-state index in [1.54, 1.807) is 18.2 Å². The lowest BCUT2D eigenvalue weighted by atomic mass is 10.1. The van der Waals surface area contributed by atoms with Crippen LogP contribution >= 0.6 is 11.8 Å². The lowest BCUT2D eigenvalue weighted by Gasteiger charge is -2.21. The lowest BCUT2D eigenvalue weighted by molar-refractivity contribution is -0.119. The topological polar surface area (TPSA) is 85.8 Å². The van der Waals surface area contributed by atoms with Gasteiger partial charge in [0.25, 0.3) is 0 Å². The van der Waals surface area contributed by atoms with Gasteiger partial charge in [0, 0.05) is 23.3 Å². The quantitative estimate of drug-likeness (QED) is 0.296. The molecule has 2 aliphatic rings. The van der Waals surface area contributed by atoms with Crippen molar-refractivity contribution in [2.45, 2.75) is 37.2 Å². The molecule has 164 valence electrons. The van der Waals surface area contributed by atoms with E-state index in [-0.39, 0.29) is 11.7 Å². The first-order chi connectivity index (χ1) is 15.4. The number of fused-ring (bicyclic) bond motifs is 1. The highest BCUT2D eigenvalue weighted by molar-refractivity contribution is 7.98. The molecule has 1 atom stereocenters. The van der Waals surface area contributed by atoms with Gasteiger partial charge in [0.15, 0.2) is 11.0 Å². The molecule has 0 aromatic heterocycles. The highest BCUT2D eigenvalue weighted by atomic mass is 32.2. The molecule has 0 radical (unpaired) electrons. The van der Waals surface area contributed by atoms with E-state index in [1.165, 1.54) is 23.9 Å². The zero-order valence-electron chi connectivity index (χ0n) is 17.9. The van der Waals surface area contributed by atoms with Gasteiger partial charge in [-0.25, -0.2) is 14.4 Å². The Morgan fingerprint density at radius 3 is 2.72 bits per heavy atom. The van der Waals surface area contributed by atoms with Gasteiger partial charge in [-0.15, -0.1) is 0 Å². The van der Waals surface area contributed by atoms with Crippen LogP contribution in [0.2, 0.25) is 0 Å². The minimum absolute atomic E-state index is 0.137. The molecule has 2 aromatic rings. The van der Waals surface area contributed by atoms with Crippen LogP contribution in [0.15, 0.2) is 66.0 Å². The molecule has 8 heteroatoms. The molecule has 4 rings (SSSR count). The molecule has 6 nitrogen and oxygen atoms in total. The molecule has 32 heavy (non-hydrogen) atoms. The molecule has 0 spiro atoms. The number of imidazole rings is 1. The van der Waals surface area contributed by atoms with Gasteiger partial charge in [0.1, 0.15) is 17.6 Å². The minimum atomic E-state index is -0.453. The smallest absolute Gasteiger partial charge is 0.247 e. The number of carbonyl (C=O) groups excluding carboxylic acids is 1. The SMILES string of the molecule is CCC(C(=O)Nc1cc(N)ccc1C)n1cccc2nc(SCc3ccc(F)cc3)nc1-2. The number of anilines is 2. The third-order valence-electron chi connectivity index (χ3n) is 5.22. The fourth-order valence-electron chi connectivity index (χ4n) is 3.47. The van der Waals surface area contributed by atoms with Crippen LogP contribution < -0.4 is 11.1 Å². The van der Waals surface area contributed by atoms with Crippen LogP contribution in [0.25, 0.3) is 11.5 Å². The average Bonchev–Trinajstić information content (AvgIpc) is 3.20. The Kier molecular flexibility index (Phi) is 6.41. The second kappa shape index (κ2) is 9.40. The van der Waals surface area contributed by atoms with Crippen LogP contribution in [0.4, 0.5) is 15.8 Å². The largest absolute Gasteiger partial charge is 0.399 e. The maximum absolute atomic E-state index is 13.1. The van der Waals surface area contributed by atoms with Crippen molar-refractivity contribution in [2.75, 3.05) is 11.1 Å². The van der Waals surface area contributed by atoms with Gasteiger partial charge >= 0.3 is 0 Å². The summed E-state index contributed by atoms with van der Waals surface area (Å²) in [7, 11) is 0. The van der Waals surface area contributed by atoms with E-state index in [0.29, 0.717) is 34.5 Å². The summed E-state index contributed by atoms with van der Waals surface area (Å²) in [6.45, 7) is 3.89. The average molecular weight is 450 g/mol.